The van der Waals surface area contributed by atoms with E-state index in [2.05, 4.69) is 20.4 Å². The molecule has 1 atom stereocenters. The van der Waals surface area contributed by atoms with Crippen LogP contribution in [0.2, 0.25) is 0 Å². The molecule has 0 saturated carbocycles. The molecule has 1 aliphatic heterocycles. The maximum absolute atomic E-state index is 13.0. The molecule has 1 saturated heterocycles. The van der Waals surface area contributed by atoms with Gasteiger partial charge >= 0.3 is 0 Å². The van der Waals surface area contributed by atoms with Gasteiger partial charge in [0.15, 0.2) is 5.78 Å². The molecule has 0 radical (unpaired) electrons. The third-order valence-corrected chi connectivity index (χ3v) is 5.75. The van der Waals surface area contributed by atoms with Crippen molar-refractivity contribution in [2.45, 2.75) is 26.2 Å². The standard InChI is InChI=1S/C23H23N5O2/c1-15-5-6-17(23-26-22(30-27-23)10-16-7-8-24-13-16)11-18(15)12-20(29)19-14-25-21-4-2-3-9-28(19)21/h2-6,9,11,14,16,24H,7-8,10,12-13H2,1H3. The number of nitrogens with zero attached hydrogens (tertiary/aromatic N) is 4. The summed E-state index contributed by atoms with van der Waals surface area (Å²) in [4.78, 5) is 21.9. The van der Waals surface area contributed by atoms with Crippen LogP contribution in [0.5, 0.6) is 0 Å². The van der Waals surface area contributed by atoms with Gasteiger partial charge in [-0.2, -0.15) is 4.98 Å². The summed E-state index contributed by atoms with van der Waals surface area (Å²) < 4.78 is 7.30. The molecule has 0 aliphatic carbocycles. The summed E-state index contributed by atoms with van der Waals surface area (Å²) >= 11 is 0. The van der Waals surface area contributed by atoms with Gasteiger partial charge < -0.3 is 9.84 Å². The van der Waals surface area contributed by atoms with E-state index in [0.29, 0.717) is 29.7 Å². The van der Waals surface area contributed by atoms with Crippen molar-refractivity contribution in [2.75, 3.05) is 13.1 Å². The number of pyridine rings is 1. The summed E-state index contributed by atoms with van der Waals surface area (Å²) in [5.74, 6) is 1.81. The van der Waals surface area contributed by atoms with Gasteiger partial charge in [0.1, 0.15) is 11.3 Å². The second kappa shape index (κ2) is 7.84. The lowest BCUT2D eigenvalue weighted by atomic mass is 9.99. The maximum Gasteiger partial charge on any atom is 0.227 e. The van der Waals surface area contributed by atoms with Crippen LogP contribution in [-0.2, 0) is 12.8 Å². The molecule has 152 valence electrons. The quantitative estimate of drug-likeness (QED) is 0.499. The Morgan fingerprint density at radius 3 is 3.10 bits per heavy atom. The average molecular weight is 401 g/mol. The number of imidazole rings is 1. The number of nitrogens with one attached hydrogen (secondary N) is 1. The van der Waals surface area contributed by atoms with E-state index in [1.807, 2.05) is 53.9 Å². The van der Waals surface area contributed by atoms with Crippen molar-refractivity contribution in [3.8, 4) is 11.4 Å². The zero-order chi connectivity index (χ0) is 20.5. The Kier molecular flexibility index (Phi) is 4.88. The van der Waals surface area contributed by atoms with Crippen molar-refractivity contribution in [2.24, 2.45) is 5.92 Å². The molecule has 0 bridgehead atoms. The molecular formula is C23H23N5O2. The molecular weight excluding hydrogens is 378 g/mol. The predicted octanol–water partition coefficient (Wildman–Crippen LogP) is 3.27. The van der Waals surface area contributed by atoms with Crippen LogP contribution in [0.1, 0.15) is 33.9 Å². The van der Waals surface area contributed by atoms with Crippen molar-refractivity contribution < 1.29 is 9.32 Å². The van der Waals surface area contributed by atoms with E-state index in [9.17, 15) is 4.79 Å². The van der Waals surface area contributed by atoms with Crippen LogP contribution >= 0.6 is 0 Å². The second-order valence-corrected chi connectivity index (χ2v) is 7.89. The first-order chi connectivity index (χ1) is 14.7. The lowest BCUT2D eigenvalue weighted by Crippen LogP contribution is -2.10. The van der Waals surface area contributed by atoms with Gasteiger partial charge in [0, 0.05) is 24.6 Å². The van der Waals surface area contributed by atoms with Crippen LogP contribution < -0.4 is 5.32 Å². The topological polar surface area (TPSA) is 85.3 Å². The minimum atomic E-state index is 0.0245. The Morgan fingerprint density at radius 2 is 2.23 bits per heavy atom. The molecule has 4 heterocycles. The predicted molar refractivity (Wildman–Crippen MR) is 112 cm³/mol. The van der Waals surface area contributed by atoms with E-state index < -0.39 is 0 Å². The molecule has 7 nitrogen and oxygen atoms in total. The molecule has 1 aliphatic rings. The number of carbonyl (C=O) groups excluding carboxylic acids is 1. The number of rotatable bonds is 6. The second-order valence-electron chi connectivity index (χ2n) is 7.89. The van der Waals surface area contributed by atoms with Crippen LogP contribution in [0.15, 0.2) is 53.3 Å². The number of hydrogen-bond donors (Lipinski definition) is 1. The Bertz CT molecular complexity index is 1200. The number of aromatic nitrogens is 4. The highest BCUT2D eigenvalue weighted by Crippen LogP contribution is 2.23. The number of fused-ring (bicyclic) bond motifs is 1. The number of benzene rings is 1. The Morgan fingerprint density at radius 1 is 1.30 bits per heavy atom. The first kappa shape index (κ1) is 18.7. The lowest BCUT2D eigenvalue weighted by Gasteiger charge is -2.07. The molecule has 30 heavy (non-hydrogen) atoms. The van der Waals surface area contributed by atoms with Gasteiger partial charge in [0.05, 0.1) is 6.20 Å². The van der Waals surface area contributed by atoms with E-state index in [4.69, 9.17) is 4.52 Å². The van der Waals surface area contributed by atoms with E-state index in [1.165, 1.54) is 0 Å². The normalized spacial score (nSPS) is 16.4. The third kappa shape index (κ3) is 3.64. The van der Waals surface area contributed by atoms with Crippen LogP contribution in [0.4, 0.5) is 0 Å². The Labute approximate surface area is 174 Å². The van der Waals surface area contributed by atoms with Crippen molar-refractivity contribution in [1.82, 2.24) is 24.8 Å². The molecule has 0 spiro atoms. The largest absolute Gasteiger partial charge is 0.339 e. The van der Waals surface area contributed by atoms with Gasteiger partial charge in [-0.3, -0.25) is 9.20 Å². The van der Waals surface area contributed by atoms with E-state index >= 15 is 0 Å². The summed E-state index contributed by atoms with van der Waals surface area (Å²) in [7, 11) is 0. The summed E-state index contributed by atoms with van der Waals surface area (Å²) in [5, 5.41) is 7.52. The third-order valence-electron chi connectivity index (χ3n) is 5.75. The first-order valence-corrected chi connectivity index (χ1v) is 10.3. The van der Waals surface area contributed by atoms with E-state index in [1.54, 1.807) is 6.20 Å². The summed E-state index contributed by atoms with van der Waals surface area (Å²) in [6.45, 7) is 4.06. The highest BCUT2D eigenvalue weighted by Gasteiger charge is 2.20. The van der Waals surface area contributed by atoms with Gasteiger partial charge in [-0.05, 0) is 61.7 Å². The SMILES string of the molecule is Cc1ccc(-c2noc(CC3CCNC3)n2)cc1CC(=O)c1cnc2ccccn12. The zero-order valence-corrected chi connectivity index (χ0v) is 16.8. The fraction of sp³-hybridized carbons (Fsp3) is 0.304. The first-order valence-electron chi connectivity index (χ1n) is 10.3. The van der Waals surface area contributed by atoms with E-state index in [0.717, 1.165) is 48.3 Å². The molecule has 1 fully saturated rings. The summed E-state index contributed by atoms with van der Waals surface area (Å²) in [6.07, 6.45) is 5.73. The fourth-order valence-corrected chi connectivity index (χ4v) is 3.99. The van der Waals surface area contributed by atoms with Crippen LogP contribution in [0.3, 0.4) is 0 Å². The minimum absolute atomic E-state index is 0.0245. The van der Waals surface area contributed by atoms with Crippen molar-refractivity contribution in [3.63, 3.8) is 0 Å². The minimum Gasteiger partial charge on any atom is -0.339 e. The van der Waals surface area contributed by atoms with Gasteiger partial charge in [-0.15, -0.1) is 0 Å². The Hall–Kier alpha value is -3.32. The molecule has 1 unspecified atom stereocenters. The van der Waals surface area contributed by atoms with Crippen molar-refractivity contribution in [3.05, 3.63) is 71.5 Å². The fourth-order valence-electron chi connectivity index (χ4n) is 3.99. The van der Waals surface area contributed by atoms with Crippen LogP contribution in [0, 0.1) is 12.8 Å². The van der Waals surface area contributed by atoms with Gasteiger partial charge in [0.2, 0.25) is 11.7 Å². The number of hydrogen-bond acceptors (Lipinski definition) is 6. The molecule has 4 aromatic rings. The van der Waals surface area contributed by atoms with Crippen LogP contribution in [-0.4, -0.2) is 38.4 Å². The molecule has 1 N–H and O–H groups in total. The molecule has 3 aromatic heterocycles. The average Bonchev–Trinajstić information content (AvgIpc) is 3.50. The summed E-state index contributed by atoms with van der Waals surface area (Å²) in [6, 6.07) is 11.7. The molecule has 5 rings (SSSR count). The zero-order valence-electron chi connectivity index (χ0n) is 16.8. The highest BCUT2D eigenvalue weighted by atomic mass is 16.5. The summed E-state index contributed by atoms with van der Waals surface area (Å²) in [5.41, 5.74) is 4.23. The molecule has 0 amide bonds. The van der Waals surface area contributed by atoms with Crippen molar-refractivity contribution >= 4 is 11.4 Å². The smallest absolute Gasteiger partial charge is 0.227 e. The van der Waals surface area contributed by atoms with Crippen LogP contribution in [0.25, 0.3) is 17.0 Å². The number of carbonyl (C=O) groups is 1. The van der Waals surface area contributed by atoms with Crippen molar-refractivity contribution in [1.29, 1.82) is 0 Å². The lowest BCUT2D eigenvalue weighted by molar-refractivity contribution is 0.0987. The van der Waals surface area contributed by atoms with Gasteiger partial charge in [0.25, 0.3) is 0 Å². The van der Waals surface area contributed by atoms with Gasteiger partial charge in [-0.1, -0.05) is 23.4 Å². The Balaban J connectivity index is 1.37. The molecule has 7 heteroatoms. The number of Topliss-reactive ketones (excluding diaryl/α,β-unsaturated/α-hetero) is 1. The monoisotopic (exact) mass is 401 g/mol. The number of ketones is 1. The maximum atomic E-state index is 13.0. The number of aryl methyl sites for hydroxylation is 1. The highest BCUT2D eigenvalue weighted by molar-refractivity contribution is 5.96. The van der Waals surface area contributed by atoms with Gasteiger partial charge in [-0.25, -0.2) is 4.98 Å². The van der Waals surface area contributed by atoms with E-state index in [-0.39, 0.29) is 5.78 Å². The molecule has 1 aromatic carbocycles.